The summed E-state index contributed by atoms with van der Waals surface area (Å²) in [6.07, 6.45) is 2.64. The summed E-state index contributed by atoms with van der Waals surface area (Å²) in [6.45, 7) is 2.63. The maximum Gasteiger partial charge on any atom is 0.335 e. The molecule has 0 aromatic carbocycles. The standard InChI is InChI=1S/C11H15N3O2/c15-11(16)8-1-4-13-10(5-8)7-14-9-2-3-12-6-9/h1,4-5,9,12,14H,2-3,6-7H2,(H,15,16). The largest absolute Gasteiger partial charge is 0.478 e. The van der Waals surface area contributed by atoms with Crippen molar-refractivity contribution in [3.63, 3.8) is 0 Å². The smallest absolute Gasteiger partial charge is 0.335 e. The van der Waals surface area contributed by atoms with E-state index in [9.17, 15) is 4.79 Å². The first-order valence-corrected chi connectivity index (χ1v) is 5.38. The third-order valence-corrected chi connectivity index (χ3v) is 2.70. The second kappa shape index (κ2) is 5.05. The summed E-state index contributed by atoms with van der Waals surface area (Å²) < 4.78 is 0. The highest BCUT2D eigenvalue weighted by Crippen LogP contribution is 2.03. The number of nitrogens with zero attached hydrogens (tertiary/aromatic N) is 1. The van der Waals surface area contributed by atoms with E-state index in [0.29, 0.717) is 12.6 Å². The van der Waals surface area contributed by atoms with Gasteiger partial charge in [-0.05, 0) is 25.1 Å². The molecule has 5 nitrogen and oxygen atoms in total. The number of hydrogen-bond acceptors (Lipinski definition) is 4. The van der Waals surface area contributed by atoms with Crippen LogP contribution in [0.2, 0.25) is 0 Å². The Labute approximate surface area is 93.9 Å². The van der Waals surface area contributed by atoms with Gasteiger partial charge in [-0.15, -0.1) is 0 Å². The van der Waals surface area contributed by atoms with Crippen LogP contribution >= 0.6 is 0 Å². The minimum Gasteiger partial charge on any atom is -0.478 e. The molecule has 1 unspecified atom stereocenters. The summed E-state index contributed by atoms with van der Waals surface area (Å²) in [5.41, 5.74) is 1.06. The van der Waals surface area contributed by atoms with Gasteiger partial charge in [0.15, 0.2) is 0 Å². The predicted molar refractivity (Wildman–Crippen MR) is 59.3 cm³/mol. The van der Waals surface area contributed by atoms with Crippen molar-refractivity contribution in [3.05, 3.63) is 29.6 Å². The molecular weight excluding hydrogens is 206 g/mol. The van der Waals surface area contributed by atoms with Crippen LogP contribution in [0.1, 0.15) is 22.5 Å². The predicted octanol–water partition coefficient (Wildman–Crippen LogP) is 0.231. The molecule has 0 amide bonds. The lowest BCUT2D eigenvalue weighted by Crippen LogP contribution is -2.30. The monoisotopic (exact) mass is 221 g/mol. The number of carboxylic acids is 1. The van der Waals surface area contributed by atoms with Crippen molar-refractivity contribution in [1.82, 2.24) is 15.6 Å². The fraction of sp³-hybridized carbons (Fsp3) is 0.455. The van der Waals surface area contributed by atoms with E-state index in [4.69, 9.17) is 5.11 Å². The lowest BCUT2D eigenvalue weighted by Gasteiger charge is -2.10. The Bertz CT molecular complexity index is 375. The SMILES string of the molecule is O=C(O)c1ccnc(CNC2CCNC2)c1. The van der Waals surface area contributed by atoms with Crippen LogP contribution < -0.4 is 10.6 Å². The quantitative estimate of drug-likeness (QED) is 0.678. The first-order valence-electron chi connectivity index (χ1n) is 5.38. The molecule has 2 heterocycles. The maximum absolute atomic E-state index is 10.8. The van der Waals surface area contributed by atoms with E-state index in [2.05, 4.69) is 15.6 Å². The highest BCUT2D eigenvalue weighted by molar-refractivity contribution is 5.87. The van der Waals surface area contributed by atoms with Gasteiger partial charge in [-0.1, -0.05) is 0 Å². The Morgan fingerprint density at radius 2 is 2.56 bits per heavy atom. The molecule has 0 bridgehead atoms. The molecule has 0 spiro atoms. The summed E-state index contributed by atoms with van der Waals surface area (Å²) in [6, 6.07) is 3.58. The van der Waals surface area contributed by atoms with Crippen LogP contribution in [0.15, 0.2) is 18.3 Å². The zero-order valence-corrected chi connectivity index (χ0v) is 8.94. The number of nitrogens with one attached hydrogen (secondary N) is 2. The Hall–Kier alpha value is -1.46. The zero-order chi connectivity index (χ0) is 11.4. The third-order valence-electron chi connectivity index (χ3n) is 2.70. The molecule has 0 radical (unpaired) electrons. The van der Waals surface area contributed by atoms with Crippen molar-refractivity contribution < 1.29 is 9.90 Å². The van der Waals surface area contributed by atoms with Gasteiger partial charge in [0.1, 0.15) is 0 Å². The molecule has 1 atom stereocenters. The van der Waals surface area contributed by atoms with Gasteiger partial charge in [-0.25, -0.2) is 4.79 Å². The van der Waals surface area contributed by atoms with Crippen molar-refractivity contribution in [3.8, 4) is 0 Å². The molecule has 1 fully saturated rings. The topological polar surface area (TPSA) is 74.2 Å². The number of hydrogen-bond donors (Lipinski definition) is 3. The molecule has 5 heteroatoms. The van der Waals surface area contributed by atoms with Gasteiger partial charge in [-0.3, -0.25) is 4.98 Å². The zero-order valence-electron chi connectivity index (χ0n) is 8.94. The second-order valence-corrected chi connectivity index (χ2v) is 3.91. The minimum atomic E-state index is -0.911. The van der Waals surface area contributed by atoms with E-state index in [-0.39, 0.29) is 5.56 Å². The molecule has 1 aliphatic rings. The Kier molecular flexibility index (Phi) is 3.48. The van der Waals surface area contributed by atoms with Gasteiger partial charge in [0.2, 0.25) is 0 Å². The van der Waals surface area contributed by atoms with Crippen LogP contribution in [0.4, 0.5) is 0 Å². The van der Waals surface area contributed by atoms with Crippen LogP contribution in [-0.4, -0.2) is 35.2 Å². The molecule has 0 aliphatic carbocycles. The number of carboxylic acid groups (broad SMARTS) is 1. The normalized spacial score (nSPS) is 19.9. The van der Waals surface area contributed by atoms with Crippen LogP contribution in [0.5, 0.6) is 0 Å². The van der Waals surface area contributed by atoms with Crippen LogP contribution in [-0.2, 0) is 6.54 Å². The molecule has 0 saturated carbocycles. The molecule has 3 N–H and O–H groups in total. The van der Waals surface area contributed by atoms with Gasteiger partial charge in [0.05, 0.1) is 11.3 Å². The molecule has 1 aromatic rings. The Balaban J connectivity index is 1.93. The van der Waals surface area contributed by atoms with E-state index in [0.717, 1.165) is 25.2 Å². The van der Waals surface area contributed by atoms with Crippen molar-refractivity contribution in [2.24, 2.45) is 0 Å². The first kappa shape index (κ1) is 11.0. The molecule has 1 aromatic heterocycles. The molecule has 1 saturated heterocycles. The summed E-state index contributed by atoms with van der Waals surface area (Å²) in [5.74, 6) is -0.911. The highest BCUT2D eigenvalue weighted by atomic mass is 16.4. The molecule has 16 heavy (non-hydrogen) atoms. The average molecular weight is 221 g/mol. The Morgan fingerprint density at radius 3 is 3.25 bits per heavy atom. The lowest BCUT2D eigenvalue weighted by molar-refractivity contribution is 0.0696. The van der Waals surface area contributed by atoms with Crippen molar-refractivity contribution in [1.29, 1.82) is 0 Å². The molecule has 1 aliphatic heterocycles. The van der Waals surface area contributed by atoms with E-state index in [1.807, 2.05) is 0 Å². The number of carbonyl (C=O) groups is 1. The van der Waals surface area contributed by atoms with E-state index in [1.165, 1.54) is 12.3 Å². The van der Waals surface area contributed by atoms with E-state index < -0.39 is 5.97 Å². The number of rotatable bonds is 4. The van der Waals surface area contributed by atoms with Crippen molar-refractivity contribution >= 4 is 5.97 Å². The summed E-state index contributed by atoms with van der Waals surface area (Å²) >= 11 is 0. The third kappa shape index (κ3) is 2.77. The highest BCUT2D eigenvalue weighted by Gasteiger charge is 2.13. The molecule has 86 valence electrons. The second-order valence-electron chi connectivity index (χ2n) is 3.91. The van der Waals surface area contributed by atoms with Crippen LogP contribution in [0.3, 0.4) is 0 Å². The Morgan fingerprint density at radius 1 is 1.69 bits per heavy atom. The number of aromatic nitrogens is 1. The minimum absolute atomic E-state index is 0.288. The van der Waals surface area contributed by atoms with Crippen LogP contribution in [0, 0.1) is 0 Å². The molecular formula is C11H15N3O2. The van der Waals surface area contributed by atoms with E-state index in [1.54, 1.807) is 6.07 Å². The van der Waals surface area contributed by atoms with Gasteiger partial charge >= 0.3 is 5.97 Å². The summed E-state index contributed by atoms with van der Waals surface area (Å²) in [5, 5.41) is 15.4. The van der Waals surface area contributed by atoms with E-state index >= 15 is 0 Å². The first-order chi connectivity index (χ1) is 7.75. The van der Waals surface area contributed by atoms with Gasteiger partial charge in [-0.2, -0.15) is 0 Å². The fourth-order valence-electron chi connectivity index (χ4n) is 1.79. The van der Waals surface area contributed by atoms with Crippen LogP contribution in [0.25, 0.3) is 0 Å². The number of pyridine rings is 1. The summed E-state index contributed by atoms with van der Waals surface area (Å²) in [7, 11) is 0. The summed E-state index contributed by atoms with van der Waals surface area (Å²) in [4.78, 5) is 14.9. The lowest BCUT2D eigenvalue weighted by atomic mass is 10.2. The fourth-order valence-corrected chi connectivity index (χ4v) is 1.79. The van der Waals surface area contributed by atoms with Crippen molar-refractivity contribution in [2.45, 2.75) is 19.0 Å². The van der Waals surface area contributed by atoms with Gasteiger partial charge < -0.3 is 15.7 Å². The number of aromatic carboxylic acids is 1. The van der Waals surface area contributed by atoms with Gasteiger partial charge in [0.25, 0.3) is 0 Å². The average Bonchev–Trinajstić information content (AvgIpc) is 2.79. The molecule has 2 rings (SSSR count). The van der Waals surface area contributed by atoms with Crippen molar-refractivity contribution in [2.75, 3.05) is 13.1 Å². The maximum atomic E-state index is 10.8. The van der Waals surface area contributed by atoms with Gasteiger partial charge in [0, 0.05) is 25.3 Å².